The van der Waals surface area contributed by atoms with E-state index in [0.717, 1.165) is 25.7 Å². The van der Waals surface area contributed by atoms with Crippen LogP contribution in [0.2, 0.25) is 0 Å². The molecule has 0 saturated carbocycles. The summed E-state index contributed by atoms with van der Waals surface area (Å²) < 4.78 is 10.7. The van der Waals surface area contributed by atoms with Crippen molar-refractivity contribution in [1.82, 2.24) is 0 Å². The molecule has 0 spiro atoms. The second kappa shape index (κ2) is 30.8. The van der Waals surface area contributed by atoms with Gasteiger partial charge in [0.1, 0.15) is 12.7 Å². The van der Waals surface area contributed by atoms with E-state index < -0.39 is 6.10 Å². The number of hydrogen-bond donors (Lipinski definition) is 0. The van der Waals surface area contributed by atoms with E-state index in [1.807, 2.05) is 0 Å². The molecule has 0 N–H and O–H groups in total. The smallest absolute Gasteiger partial charge is 0.306 e. The first kappa shape index (κ1) is 37.2. The summed E-state index contributed by atoms with van der Waals surface area (Å²) in [7, 11) is 0. The average molecular weight is 559 g/mol. The Kier molecular flexibility index (Phi) is 30.1. The Labute approximate surface area is 241 Å². The molecular weight excluding hydrogens is 496 g/mol. The van der Waals surface area contributed by atoms with Crippen LogP contribution in [0.5, 0.6) is 0 Å². The molecule has 0 bridgehead atoms. The first-order chi connectivity index (χ1) is 18.6. The zero-order chi connectivity index (χ0) is 27.9. The van der Waals surface area contributed by atoms with Gasteiger partial charge < -0.3 is 9.47 Å². The van der Waals surface area contributed by atoms with Gasteiger partial charge in [-0.05, 0) is 12.8 Å². The highest BCUT2D eigenvalue weighted by Crippen LogP contribution is 2.14. The van der Waals surface area contributed by atoms with E-state index in [4.69, 9.17) is 21.1 Å². The number of halogens is 1. The molecule has 0 fully saturated rings. The minimum Gasteiger partial charge on any atom is -0.462 e. The van der Waals surface area contributed by atoms with Crippen molar-refractivity contribution < 1.29 is 19.1 Å². The summed E-state index contributed by atoms with van der Waals surface area (Å²) in [6.45, 7) is 4.57. The van der Waals surface area contributed by atoms with Gasteiger partial charge in [0.2, 0.25) is 0 Å². The monoisotopic (exact) mass is 558 g/mol. The predicted octanol–water partition coefficient (Wildman–Crippen LogP) is 10.9. The van der Waals surface area contributed by atoms with Gasteiger partial charge in [-0.25, -0.2) is 0 Å². The fourth-order valence-corrected chi connectivity index (χ4v) is 4.99. The first-order valence-corrected chi connectivity index (χ1v) is 17.1. The summed E-state index contributed by atoms with van der Waals surface area (Å²) >= 11 is 5.93. The van der Waals surface area contributed by atoms with Crippen molar-refractivity contribution in [3.8, 4) is 0 Å². The first-order valence-electron chi connectivity index (χ1n) is 16.5. The molecule has 0 aromatic carbocycles. The number of esters is 2. The lowest BCUT2D eigenvalue weighted by molar-refractivity contribution is -0.157. The molecule has 0 amide bonds. The molecule has 0 radical (unpaired) electrons. The lowest BCUT2D eigenvalue weighted by Gasteiger charge is -2.15. The maximum Gasteiger partial charge on any atom is 0.306 e. The minimum atomic E-state index is -0.549. The Morgan fingerprint density at radius 1 is 0.500 bits per heavy atom. The zero-order valence-electron chi connectivity index (χ0n) is 25.4. The minimum absolute atomic E-state index is 0.0599. The third-order valence-corrected chi connectivity index (χ3v) is 7.71. The molecule has 0 heterocycles. The van der Waals surface area contributed by atoms with Gasteiger partial charge in [0.25, 0.3) is 0 Å². The van der Waals surface area contributed by atoms with Crippen LogP contribution in [0.1, 0.15) is 181 Å². The van der Waals surface area contributed by atoms with Crippen LogP contribution >= 0.6 is 11.6 Å². The van der Waals surface area contributed by atoms with Crippen LogP contribution in [0.3, 0.4) is 0 Å². The van der Waals surface area contributed by atoms with Crippen molar-refractivity contribution >= 4 is 23.5 Å². The molecule has 0 aliphatic carbocycles. The van der Waals surface area contributed by atoms with E-state index >= 15 is 0 Å². The lowest BCUT2D eigenvalue weighted by Crippen LogP contribution is -2.26. The van der Waals surface area contributed by atoms with Gasteiger partial charge in [0.15, 0.2) is 0 Å². The molecular formula is C33H63ClO4. The van der Waals surface area contributed by atoms with E-state index in [2.05, 4.69) is 13.8 Å². The molecule has 0 aliphatic rings. The van der Waals surface area contributed by atoms with Gasteiger partial charge >= 0.3 is 11.9 Å². The summed E-state index contributed by atoms with van der Waals surface area (Å²) in [5, 5.41) is 0. The largest absolute Gasteiger partial charge is 0.462 e. The lowest BCUT2D eigenvalue weighted by atomic mass is 10.0. The van der Waals surface area contributed by atoms with Crippen LogP contribution in [0, 0.1) is 0 Å². The van der Waals surface area contributed by atoms with Gasteiger partial charge in [-0.3, -0.25) is 9.59 Å². The van der Waals surface area contributed by atoms with Gasteiger partial charge in [-0.1, -0.05) is 155 Å². The molecule has 1 atom stereocenters. The summed E-state index contributed by atoms with van der Waals surface area (Å²) in [6.07, 6.45) is 30.8. The highest BCUT2D eigenvalue weighted by atomic mass is 35.5. The van der Waals surface area contributed by atoms with Crippen LogP contribution in [-0.2, 0) is 19.1 Å². The van der Waals surface area contributed by atoms with E-state index in [9.17, 15) is 9.59 Å². The number of hydrogen-bond acceptors (Lipinski definition) is 4. The number of rotatable bonds is 30. The Hall–Kier alpha value is -0.770. The number of unbranched alkanes of at least 4 members (excludes halogenated alkanes) is 22. The SMILES string of the molecule is CCCCCCCCCCCCCCCCCC(=O)OC(CCl)COC(=O)CCCCCCCCCCC. The quantitative estimate of drug-likeness (QED) is 0.0499. The standard InChI is InChI=1S/C33H63ClO4/c1-3-5-7-9-11-13-14-15-16-17-18-20-22-24-26-28-33(36)38-31(29-34)30-37-32(35)27-25-23-21-19-12-10-8-6-4-2/h31H,3-30H2,1-2H3. The van der Waals surface area contributed by atoms with E-state index in [1.54, 1.807) is 0 Å². The van der Waals surface area contributed by atoms with Crippen molar-refractivity contribution in [3.05, 3.63) is 0 Å². The summed E-state index contributed by atoms with van der Waals surface area (Å²) in [5.74, 6) is -0.308. The van der Waals surface area contributed by atoms with Crippen LogP contribution in [0.25, 0.3) is 0 Å². The predicted molar refractivity (Wildman–Crippen MR) is 163 cm³/mol. The third-order valence-electron chi connectivity index (χ3n) is 7.37. The topological polar surface area (TPSA) is 52.6 Å². The number of alkyl halides is 1. The molecule has 1 unspecified atom stereocenters. The van der Waals surface area contributed by atoms with Crippen LogP contribution in [0.15, 0.2) is 0 Å². The summed E-state index contributed by atoms with van der Waals surface area (Å²) in [5.41, 5.74) is 0. The van der Waals surface area contributed by atoms with Gasteiger partial charge in [0.05, 0.1) is 5.88 Å². The summed E-state index contributed by atoms with van der Waals surface area (Å²) in [4.78, 5) is 24.1. The van der Waals surface area contributed by atoms with Crippen molar-refractivity contribution in [2.75, 3.05) is 12.5 Å². The van der Waals surface area contributed by atoms with Crippen molar-refractivity contribution in [1.29, 1.82) is 0 Å². The molecule has 0 aromatic heterocycles. The van der Waals surface area contributed by atoms with Crippen LogP contribution in [-0.4, -0.2) is 30.5 Å². The highest BCUT2D eigenvalue weighted by Gasteiger charge is 2.16. The fourth-order valence-electron chi connectivity index (χ4n) is 4.83. The molecule has 5 heteroatoms. The second-order valence-electron chi connectivity index (χ2n) is 11.2. The Bertz CT molecular complexity index is 511. The van der Waals surface area contributed by atoms with E-state index in [0.29, 0.717) is 12.8 Å². The third kappa shape index (κ3) is 28.2. The van der Waals surface area contributed by atoms with Crippen molar-refractivity contribution in [2.24, 2.45) is 0 Å². The highest BCUT2D eigenvalue weighted by molar-refractivity contribution is 6.18. The molecule has 38 heavy (non-hydrogen) atoms. The fraction of sp³-hybridized carbons (Fsp3) is 0.939. The maximum atomic E-state index is 12.1. The maximum absolute atomic E-state index is 12.1. The van der Waals surface area contributed by atoms with Gasteiger partial charge in [-0.2, -0.15) is 0 Å². The van der Waals surface area contributed by atoms with Crippen molar-refractivity contribution in [3.63, 3.8) is 0 Å². The van der Waals surface area contributed by atoms with Crippen LogP contribution in [0.4, 0.5) is 0 Å². The Morgan fingerprint density at radius 3 is 1.16 bits per heavy atom. The zero-order valence-corrected chi connectivity index (χ0v) is 26.1. The normalized spacial score (nSPS) is 12.0. The average Bonchev–Trinajstić information content (AvgIpc) is 2.92. The molecule has 0 saturated heterocycles. The van der Waals surface area contributed by atoms with Gasteiger partial charge in [-0.15, -0.1) is 11.6 Å². The van der Waals surface area contributed by atoms with Gasteiger partial charge in [0, 0.05) is 12.8 Å². The van der Waals surface area contributed by atoms with E-state index in [-0.39, 0.29) is 24.4 Å². The number of carbonyl (C=O) groups is 2. The molecule has 0 aliphatic heterocycles. The van der Waals surface area contributed by atoms with Crippen molar-refractivity contribution in [2.45, 2.75) is 187 Å². The number of carbonyl (C=O) groups excluding carboxylic acids is 2. The second-order valence-corrected chi connectivity index (χ2v) is 11.5. The molecule has 0 rings (SSSR count). The Balaban J connectivity index is 3.53. The molecule has 226 valence electrons. The summed E-state index contributed by atoms with van der Waals surface area (Å²) in [6, 6.07) is 0. The van der Waals surface area contributed by atoms with E-state index in [1.165, 1.54) is 128 Å². The Morgan fingerprint density at radius 2 is 0.816 bits per heavy atom. The number of ether oxygens (including phenoxy) is 2. The van der Waals surface area contributed by atoms with Crippen LogP contribution < -0.4 is 0 Å². The molecule has 4 nitrogen and oxygen atoms in total. The molecule has 0 aromatic rings.